The molecule has 0 amide bonds. The molecule has 1 aromatic rings. The maximum absolute atomic E-state index is 11.0. The number of hydrogen-bond acceptors (Lipinski definition) is 4. The molecule has 0 bridgehead atoms. The molecule has 0 atom stereocenters. The van der Waals surface area contributed by atoms with Crippen LogP contribution < -0.4 is 0 Å². The highest BCUT2D eigenvalue weighted by molar-refractivity contribution is 5.96. The van der Waals surface area contributed by atoms with Gasteiger partial charge in [0, 0.05) is 22.9 Å². The Bertz CT molecular complexity index is 297. The summed E-state index contributed by atoms with van der Waals surface area (Å²) in [5.41, 5.74) is 0.321. The number of hydrogen-bond donors (Lipinski definition) is 0. The summed E-state index contributed by atoms with van der Waals surface area (Å²) in [5.74, 6) is -0.498. The minimum atomic E-state index is -0.663. The molecule has 0 saturated heterocycles. The normalized spacial score (nSPS) is 9.33. The molecule has 0 aliphatic carbocycles. The lowest BCUT2D eigenvalue weighted by Gasteiger charge is -1.93. The van der Waals surface area contributed by atoms with Crippen LogP contribution in [-0.2, 0) is 0 Å². The molecule has 1 heterocycles. The monoisotopic (exact) mass is 166 g/mol. The number of carbonyl (C=O) groups excluding carboxylic acids is 1. The summed E-state index contributed by atoms with van der Waals surface area (Å²) in [7, 11) is 0. The molecule has 62 valence electrons. The van der Waals surface area contributed by atoms with Crippen LogP contribution in [0.25, 0.3) is 0 Å². The third-order valence-electron chi connectivity index (χ3n) is 1.28. The fourth-order valence-electron chi connectivity index (χ4n) is 0.746. The fourth-order valence-corrected chi connectivity index (χ4v) is 0.746. The minimum Gasteiger partial charge on any atom is -0.287 e. The number of ketones is 1. The number of nitrogens with zero attached hydrogens (tertiary/aromatic N) is 2. The van der Waals surface area contributed by atoms with Gasteiger partial charge in [-0.1, -0.05) is 0 Å². The van der Waals surface area contributed by atoms with Gasteiger partial charge in [-0.15, -0.1) is 0 Å². The SMILES string of the molecule is O=C(C[N+](=O)[O-])c1ccncc1. The lowest BCUT2D eigenvalue weighted by molar-refractivity contribution is -0.465. The van der Waals surface area contributed by atoms with E-state index in [1.165, 1.54) is 24.5 Å². The summed E-state index contributed by atoms with van der Waals surface area (Å²) in [6, 6.07) is 2.90. The molecule has 0 N–H and O–H groups in total. The van der Waals surface area contributed by atoms with Gasteiger partial charge in [0.2, 0.25) is 5.78 Å². The predicted octanol–water partition coefficient (Wildman–Crippen LogP) is 0.541. The summed E-state index contributed by atoms with van der Waals surface area (Å²) < 4.78 is 0. The van der Waals surface area contributed by atoms with Crippen molar-refractivity contribution in [3.05, 3.63) is 40.2 Å². The zero-order chi connectivity index (χ0) is 8.97. The fraction of sp³-hybridized carbons (Fsp3) is 0.143. The zero-order valence-corrected chi connectivity index (χ0v) is 6.14. The molecule has 0 aliphatic rings. The Kier molecular flexibility index (Phi) is 2.47. The predicted molar refractivity (Wildman–Crippen MR) is 40.4 cm³/mol. The van der Waals surface area contributed by atoms with E-state index in [9.17, 15) is 14.9 Å². The van der Waals surface area contributed by atoms with Crippen molar-refractivity contribution in [2.24, 2.45) is 0 Å². The van der Waals surface area contributed by atoms with E-state index < -0.39 is 17.3 Å². The van der Waals surface area contributed by atoms with Gasteiger partial charge in [-0.25, -0.2) is 0 Å². The van der Waals surface area contributed by atoms with E-state index in [4.69, 9.17) is 0 Å². The molecular formula is C7H6N2O3. The highest BCUT2D eigenvalue weighted by Gasteiger charge is 2.11. The molecule has 0 aliphatic heterocycles. The second kappa shape index (κ2) is 3.56. The quantitative estimate of drug-likeness (QED) is 0.373. The van der Waals surface area contributed by atoms with Crippen LogP contribution in [0.3, 0.4) is 0 Å². The van der Waals surface area contributed by atoms with Gasteiger partial charge in [0.25, 0.3) is 6.54 Å². The van der Waals surface area contributed by atoms with Gasteiger partial charge in [-0.2, -0.15) is 0 Å². The number of nitro groups is 1. The van der Waals surface area contributed by atoms with Crippen LogP contribution in [-0.4, -0.2) is 22.2 Å². The van der Waals surface area contributed by atoms with E-state index in [0.29, 0.717) is 5.56 Å². The summed E-state index contributed by atoms with van der Waals surface area (Å²) in [6.07, 6.45) is 2.85. The molecule has 1 aromatic heterocycles. The number of pyridine rings is 1. The van der Waals surface area contributed by atoms with E-state index in [-0.39, 0.29) is 0 Å². The van der Waals surface area contributed by atoms with Crippen molar-refractivity contribution in [2.45, 2.75) is 0 Å². The average Bonchev–Trinajstić information content (AvgIpc) is 2.05. The van der Waals surface area contributed by atoms with Crippen LogP contribution in [0.2, 0.25) is 0 Å². The van der Waals surface area contributed by atoms with Crippen molar-refractivity contribution in [1.29, 1.82) is 0 Å². The van der Waals surface area contributed by atoms with Gasteiger partial charge in [0.05, 0.1) is 0 Å². The van der Waals surface area contributed by atoms with E-state index in [1.54, 1.807) is 0 Å². The molecule has 5 heteroatoms. The van der Waals surface area contributed by atoms with Gasteiger partial charge < -0.3 is 0 Å². The first-order chi connectivity index (χ1) is 5.70. The first-order valence-electron chi connectivity index (χ1n) is 3.25. The van der Waals surface area contributed by atoms with Crippen molar-refractivity contribution in [2.75, 3.05) is 6.54 Å². The molecule has 0 radical (unpaired) electrons. The number of rotatable bonds is 3. The molecular weight excluding hydrogens is 160 g/mol. The first-order valence-corrected chi connectivity index (χ1v) is 3.25. The molecule has 12 heavy (non-hydrogen) atoms. The Balaban J connectivity index is 2.73. The third kappa shape index (κ3) is 2.12. The molecule has 0 aromatic carbocycles. The van der Waals surface area contributed by atoms with Crippen LogP contribution in [0.5, 0.6) is 0 Å². The van der Waals surface area contributed by atoms with Crippen LogP contribution in [0.4, 0.5) is 0 Å². The molecule has 0 fully saturated rings. The van der Waals surface area contributed by atoms with Gasteiger partial charge in [0.15, 0.2) is 0 Å². The summed E-state index contributed by atoms with van der Waals surface area (Å²) in [5, 5.41) is 9.95. The Labute approximate surface area is 68.2 Å². The highest BCUT2D eigenvalue weighted by atomic mass is 16.6. The Morgan fingerprint density at radius 3 is 2.58 bits per heavy atom. The highest BCUT2D eigenvalue weighted by Crippen LogP contribution is 1.97. The zero-order valence-electron chi connectivity index (χ0n) is 6.14. The van der Waals surface area contributed by atoms with Gasteiger partial charge in [-0.05, 0) is 12.1 Å². The molecule has 1 rings (SSSR count). The van der Waals surface area contributed by atoms with Crippen molar-refractivity contribution in [3.8, 4) is 0 Å². The summed E-state index contributed by atoms with van der Waals surface area (Å²) >= 11 is 0. The number of aromatic nitrogens is 1. The molecule has 0 spiro atoms. The lowest BCUT2D eigenvalue weighted by Crippen LogP contribution is -2.13. The second-order valence-corrected chi connectivity index (χ2v) is 2.15. The molecule has 0 saturated carbocycles. The molecule has 5 nitrogen and oxygen atoms in total. The standard InChI is InChI=1S/C7H6N2O3/c10-7(5-9(11)12)6-1-3-8-4-2-6/h1-4H,5H2. The van der Waals surface area contributed by atoms with E-state index >= 15 is 0 Å². The first kappa shape index (κ1) is 8.32. The maximum atomic E-state index is 11.0. The van der Waals surface area contributed by atoms with Gasteiger partial charge >= 0.3 is 0 Å². The largest absolute Gasteiger partial charge is 0.287 e. The number of Topliss-reactive ketones (excluding diaryl/α,β-unsaturated/α-hetero) is 1. The van der Waals surface area contributed by atoms with E-state index in [1.807, 2.05) is 0 Å². The lowest BCUT2D eigenvalue weighted by atomic mass is 10.2. The second-order valence-electron chi connectivity index (χ2n) is 2.15. The van der Waals surface area contributed by atoms with Crippen LogP contribution in [0.15, 0.2) is 24.5 Å². The third-order valence-corrected chi connectivity index (χ3v) is 1.28. The van der Waals surface area contributed by atoms with Crippen LogP contribution in [0.1, 0.15) is 10.4 Å². The van der Waals surface area contributed by atoms with E-state index in [2.05, 4.69) is 4.98 Å². The minimum absolute atomic E-state index is 0.321. The Morgan fingerprint density at radius 1 is 1.50 bits per heavy atom. The van der Waals surface area contributed by atoms with Crippen molar-refractivity contribution in [1.82, 2.24) is 4.98 Å². The van der Waals surface area contributed by atoms with Crippen LogP contribution >= 0.6 is 0 Å². The molecule has 0 unspecified atom stereocenters. The van der Waals surface area contributed by atoms with Crippen LogP contribution in [0, 0.1) is 10.1 Å². The van der Waals surface area contributed by atoms with Gasteiger partial charge in [0.1, 0.15) is 0 Å². The Morgan fingerprint density at radius 2 is 2.08 bits per heavy atom. The topological polar surface area (TPSA) is 73.1 Å². The van der Waals surface area contributed by atoms with E-state index in [0.717, 1.165) is 0 Å². The maximum Gasteiger partial charge on any atom is 0.265 e. The summed E-state index contributed by atoms with van der Waals surface area (Å²) in [6.45, 7) is -0.663. The van der Waals surface area contributed by atoms with Gasteiger partial charge in [-0.3, -0.25) is 19.9 Å². The average molecular weight is 166 g/mol. The van der Waals surface area contributed by atoms with Crippen molar-refractivity contribution >= 4 is 5.78 Å². The Hall–Kier alpha value is -1.78. The smallest absolute Gasteiger partial charge is 0.265 e. The van der Waals surface area contributed by atoms with Crippen molar-refractivity contribution in [3.63, 3.8) is 0 Å². The number of carbonyl (C=O) groups is 1. The summed E-state index contributed by atoms with van der Waals surface area (Å²) in [4.78, 5) is 24.0. The van der Waals surface area contributed by atoms with Crippen molar-refractivity contribution < 1.29 is 9.72 Å².